The van der Waals surface area contributed by atoms with E-state index in [0.29, 0.717) is 13.2 Å². The zero-order valence-electron chi connectivity index (χ0n) is 8.65. The third-order valence-electron chi connectivity index (χ3n) is 2.08. The van der Waals surface area contributed by atoms with Gasteiger partial charge in [0.25, 0.3) is 0 Å². The Morgan fingerprint density at radius 1 is 1.19 bits per heavy atom. The van der Waals surface area contributed by atoms with E-state index < -0.39 is 0 Å². The molecule has 0 aliphatic carbocycles. The molecule has 0 spiro atoms. The lowest BCUT2D eigenvalue weighted by Crippen LogP contribution is -2.13. The van der Waals surface area contributed by atoms with Crippen LogP contribution in [0.1, 0.15) is 11.1 Å². The fraction of sp³-hybridized carbons (Fsp3) is 0.167. The predicted molar refractivity (Wildman–Crippen MR) is 67.4 cm³/mol. The van der Waals surface area contributed by atoms with Gasteiger partial charge in [-0.15, -0.1) is 11.3 Å². The van der Waals surface area contributed by atoms with Gasteiger partial charge in [-0.2, -0.15) is 5.48 Å². The Balaban J connectivity index is 1.69. The Morgan fingerprint density at radius 3 is 2.69 bits per heavy atom. The minimum absolute atomic E-state index is 0.568. The molecule has 0 bridgehead atoms. The van der Waals surface area contributed by atoms with Crippen LogP contribution in [0.4, 0.5) is 0 Å². The third kappa shape index (κ3) is 3.61. The van der Waals surface area contributed by atoms with Gasteiger partial charge in [0, 0.05) is 6.54 Å². The van der Waals surface area contributed by atoms with E-state index in [2.05, 4.69) is 5.48 Å². The number of halogens is 1. The molecule has 0 radical (unpaired) electrons. The maximum absolute atomic E-state index is 5.82. The summed E-state index contributed by atoms with van der Waals surface area (Å²) in [7, 11) is 0. The number of hydrogen-bond acceptors (Lipinski definition) is 3. The zero-order chi connectivity index (χ0) is 11.2. The smallest absolute Gasteiger partial charge is 0.0933 e. The molecule has 0 atom stereocenters. The number of benzene rings is 1. The quantitative estimate of drug-likeness (QED) is 0.649. The Labute approximate surface area is 104 Å². The molecule has 1 N–H and O–H groups in total. The lowest BCUT2D eigenvalue weighted by Gasteiger charge is -2.04. The second kappa shape index (κ2) is 6.01. The van der Waals surface area contributed by atoms with Crippen LogP contribution >= 0.6 is 22.9 Å². The summed E-state index contributed by atoms with van der Waals surface area (Å²) in [6.45, 7) is 1.24. The van der Waals surface area contributed by atoms with Gasteiger partial charge in [-0.1, -0.05) is 41.9 Å². The Hall–Kier alpha value is -0.870. The van der Waals surface area contributed by atoms with Crippen molar-refractivity contribution in [2.24, 2.45) is 0 Å². The highest BCUT2D eigenvalue weighted by molar-refractivity contribution is 7.14. The molecule has 2 aromatic rings. The normalized spacial score (nSPS) is 10.6. The molecule has 4 heteroatoms. The first-order chi connectivity index (χ1) is 7.84. The van der Waals surface area contributed by atoms with Crippen molar-refractivity contribution in [3.05, 3.63) is 57.2 Å². The van der Waals surface area contributed by atoms with Gasteiger partial charge in [0.05, 0.1) is 10.9 Å². The molecule has 2 nitrogen and oxygen atoms in total. The molecule has 0 saturated carbocycles. The summed E-state index contributed by atoms with van der Waals surface area (Å²) in [4.78, 5) is 5.34. The molecular weight excluding hydrogens is 242 g/mol. The van der Waals surface area contributed by atoms with E-state index >= 15 is 0 Å². The summed E-state index contributed by atoms with van der Waals surface area (Å²) in [5.74, 6) is 0. The lowest BCUT2D eigenvalue weighted by molar-refractivity contribution is 0.0236. The van der Waals surface area contributed by atoms with Crippen molar-refractivity contribution in [3.63, 3.8) is 0 Å². The van der Waals surface area contributed by atoms with Crippen molar-refractivity contribution < 1.29 is 4.84 Å². The summed E-state index contributed by atoms with van der Waals surface area (Å²) in [6, 6.07) is 12.0. The summed E-state index contributed by atoms with van der Waals surface area (Å²) >= 11 is 7.35. The van der Waals surface area contributed by atoms with Crippen LogP contribution in [0.15, 0.2) is 41.8 Å². The SMILES string of the molecule is Clc1cc(CNOCc2ccccc2)cs1. The Kier molecular flexibility index (Phi) is 4.36. The van der Waals surface area contributed by atoms with Crippen molar-refractivity contribution >= 4 is 22.9 Å². The predicted octanol–water partition coefficient (Wildman–Crippen LogP) is 3.62. The molecule has 0 aliphatic heterocycles. The van der Waals surface area contributed by atoms with Gasteiger partial charge >= 0.3 is 0 Å². The van der Waals surface area contributed by atoms with E-state index in [1.165, 1.54) is 11.3 Å². The highest BCUT2D eigenvalue weighted by Crippen LogP contribution is 2.19. The van der Waals surface area contributed by atoms with E-state index in [-0.39, 0.29) is 0 Å². The molecule has 0 aliphatic rings. The van der Waals surface area contributed by atoms with E-state index in [9.17, 15) is 0 Å². The average Bonchev–Trinajstić information content (AvgIpc) is 2.72. The van der Waals surface area contributed by atoms with Crippen molar-refractivity contribution in [2.75, 3.05) is 0 Å². The van der Waals surface area contributed by atoms with Gasteiger partial charge in [-0.05, 0) is 22.6 Å². The van der Waals surface area contributed by atoms with Crippen LogP contribution in [0.3, 0.4) is 0 Å². The molecule has 1 aromatic carbocycles. The molecule has 16 heavy (non-hydrogen) atoms. The lowest BCUT2D eigenvalue weighted by atomic mass is 10.2. The van der Waals surface area contributed by atoms with E-state index in [0.717, 1.165) is 15.5 Å². The van der Waals surface area contributed by atoms with Gasteiger partial charge in [-0.3, -0.25) is 4.84 Å². The topological polar surface area (TPSA) is 21.3 Å². The second-order valence-electron chi connectivity index (χ2n) is 3.35. The number of hydroxylamine groups is 1. The summed E-state index contributed by atoms with van der Waals surface area (Å²) in [5.41, 5.74) is 5.20. The van der Waals surface area contributed by atoms with Crippen LogP contribution in [-0.2, 0) is 18.0 Å². The molecular formula is C12H12ClNOS. The zero-order valence-corrected chi connectivity index (χ0v) is 10.2. The Bertz CT molecular complexity index is 430. The van der Waals surface area contributed by atoms with Crippen molar-refractivity contribution in [1.29, 1.82) is 0 Å². The molecule has 84 valence electrons. The molecule has 1 heterocycles. The van der Waals surface area contributed by atoms with Gasteiger partial charge in [0.2, 0.25) is 0 Å². The minimum atomic E-state index is 0.568. The maximum Gasteiger partial charge on any atom is 0.0933 e. The molecule has 0 amide bonds. The summed E-state index contributed by atoms with van der Waals surface area (Å²) in [5, 5.41) is 2.02. The largest absolute Gasteiger partial charge is 0.297 e. The highest BCUT2D eigenvalue weighted by atomic mass is 35.5. The van der Waals surface area contributed by atoms with Crippen molar-refractivity contribution in [1.82, 2.24) is 5.48 Å². The van der Waals surface area contributed by atoms with Crippen LogP contribution in [0.2, 0.25) is 4.34 Å². The third-order valence-corrected chi connectivity index (χ3v) is 3.22. The molecule has 2 rings (SSSR count). The van der Waals surface area contributed by atoms with E-state index in [1.54, 1.807) is 0 Å². The first kappa shape index (κ1) is 11.6. The molecule has 1 aromatic heterocycles. The van der Waals surface area contributed by atoms with Crippen molar-refractivity contribution in [3.8, 4) is 0 Å². The maximum atomic E-state index is 5.82. The van der Waals surface area contributed by atoms with Crippen LogP contribution in [0.5, 0.6) is 0 Å². The van der Waals surface area contributed by atoms with Crippen LogP contribution in [0.25, 0.3) is 0 Å². The van der Waals surface area contributed by atoms with Crippen LogP contribution in [0, 0.1) is 0 Å². The van der Waals surface area contributed by atoms with Gasteiger partial charge in [0.15, 0.2) is 0 Å². The number of nitrogens with one attached hydrogen (secondary N) is 1. The van der Waals surface area contributed by atoms with Crippen LogP contribution < -0.4 is 5.48 Å². The minimum Gasteiger partial charge on any atom is -0.297 e. The summed E-state index contributed by atoms with van der Waals surface area (Å²) < 4.78 is 0.805. The number of hydrogen-bond donors (Lipinski definition) is 1. The van der Waals surface area contributed by atoms with Gasteiger partial charge in [-0.25, -0.2) is 0 Å². The molecule has 0 unspecified atom stereocenters. The monoisotopic (exact) mass is 253 g/mol. The van der Waals surface area contributed by atoms with Crippen molar-refractivity contribution in [2.45, 2.75) is 13.2 Å². The second-order valence-corrected chi connectivity index (χ2v) is 4.90. The van der Waals surface area contributed by atoms with Gasteiger partial charge in [0.1, 0.15) is 0 Å². The van der Waals surface area contributed by atoms with Crippen LogP contribution in [-0.4, -0.2) is 0 Å². The average molecular weight is 254 g/mol. The standard InChI is InChI=1S/C12H12ClNOS/c13-12-6-11(9-16-12)7-14-15-8-10-4-2-1-3-5-10/h1-6,9,14H,7-8H2. The molecule has 0 fully saturated rings. The van der Waals surface area contributed by atoms with Gasteiger partial charge < -0.3 is 0 Å². The highest BCUT2D eigenvalue weighted by Gasteiger charge is 1.97. The first-order valence-electron chi connectivity index (χ1n) is 4.96. The first-order valence-corrected chi connectivity index (χ1v) is 6.22. The summed E-state index contributed by atoms with van der Waals surface area (Å²) in [6.07, 6.45) is 0. The van der Waals surface area contributed by atoms with E-state index in [1.807, 2.05) is 41.8 Å². The van der Waals surface area contributed by atoms with E-state index in [4.69, 9.17) is 16.4 Å². The fourth-order valence-corrected chi connectivity index (χ4v) is 2.19. The number of thiophene rings is 1. The molecule has 0 saturated heterocycles. The Morgan fingerprint density at radius 2 is 2.00 bits per heavy atom. The fourth-order valence-electron chi connectivity index (χ4n) is 1.28. The number of rotatable bonds is 5.